The number of nitrogen functional groups attached to an aromatic ring is 1. The molecule has 6 heteroatoms. The second-order valence-corrected chi connectivity index (χ2v) is 4.81. The van der Waals surface area contributed by atoms with Gasteiger partial charge in [0.1, 0.15) is 5.15 Å². The molecule has 0 aromatic carbocycles. The Labute approximate surface area is 111 Å². The third kappa shape index (κ3) is 2.42. The lowest BCUT2D eigenvalue weighted by Gasteiger charge is -2.27. The predicted octanol–water partition coefficient (Wildman–Crippen LogP) is 1.57. The number of nitrogens with two attached hydrogens (primary N) is 1. The first-order valence-corrected chi connectivity index (χ1v) is 6.18. The summed E-state index contributed by atoms with van der Waals surface area (Å²) in [4.78, 5) is 17.9. The van der Waals surface area contributed by atoms with Crippen molar-refractivity contribution in [2.75, 3.05) is 19.4 Å². The predicted molar refractivity (Wildman–Crippen MR) is 69.6 cm³/mol. The van der Waals surface area contributed by atoms with Crippen LogP contribution in [0.5, 0.6) is 0 Å². The molecule has 2 N–H and O–H groups in total. The number of hydrogen-bond donors (Lipinski definition) is 1. The van der Waals surface area contributed by atoms with Crippen molar-refractivity contribution in [3.8, 4) is 0 Å². The van der Waals surface area contributed by atoms with E-state index >= 15 is 0 Å². The lowest BCUT2D eigenvalue weighted by Crippen LogP contribution is -2.41. The standard InChI is InChI=1S/C12H16ClN3O2/c1-7-10(3-4-18-7)16(2)12(17)9-5-8(14)6-15-11(9)13/h5-7,10H,3-4,14H2,1-2H3. The first kappa shape index (κ1) is 13.1. The molecule has 0 radical (unpaired) electrons. The first-order chi connectivity index (χ1) is 8.50. The summed E-state index contributed by atoms with van der Waals surface area (Å²) in [5, 5.41) is 0.174. The Morgan fingerprint density at radius 3 is 3.00 bits per heavy atom. The number of carbonyl (C=O) groups excluding carboxylic acids is 1. The Kier molecular flexibility index (Phi) is 3.73. The molecule has 2 unspecified atom stereocenters. The van der Waals surface area contributed by atoms with E-state index in [9.17, 15) is 4.79 Å². The van der Waals surface area contributed by atoms with Crippen molar-refractivity contribution in [3.05, 3.63) is 23.0 Å². The fourth-order valence-corrected chi connectivity index (χ4v) is 2.37. The van der Waals surface area contributed by atoms with Gasteiger partial charge in [-0.05, 0) is 19.4 Å². The minimum absolute atomic E-state index is 0.0340. The zero-order chi connectivity index (χ0) is 13.3. The lowest BCUT2D eigenvalue weighted by molar-refractivity contribution is 0.0574. The molecule has 0 saturated carbocycles. The summed E-state index contributed by atoms with van der Waals surface area (Å²) in [5.41, 5.74) is 6.38. The second-order valence-electron chi connectivity index (χ2n) is 4.46. The van der Waals surface area contributed by atoms with Crippen LogP contribution in [0, 0.1) is 0 Å². The molecule has 1 aromatic heterocycles. The van der Waals surface area contributed by atoms with Gasteiger partial charge in [0.25, 0.3) is 5.91 Å². The highest BCUT2D eigenvalue weighted by atomic mass is 35.5. The van der Waals surface area contributed by atoms with E-state index in [1.807, 2.05) is 6.92 Å². The van der Waals surface area contributed by atoms with Gasteiger partial charge in [-0.2, -0.15) is 0 Å². The summed E-state index contributed by atoms with van der Waals surface area (Å²) >= 11 is 5.93. The Bertz CT molecular complexity index is 467. The molecule has 0 bridgehead atoms. The molecule has 2 atom stereocenters. The highest BCUT2D eigenvalue weighted by Crippen LogP contribution is 2.23. The molecule has 0 spiro atoms. The first-order valence-electron chi connectivity index (χ1n) is 5.80. The average Bonchev–Trinajstić information content (AvgIpc) is 2.77. The largest absolute Gasteiger partial charge is 0.397 e. The smallest absolute Gasteiger partial charge is 0.257 e. The van der Waals surface area contributed by atoms with Gasteiger partial charge < -0.3 is 15.4 Å². The number of nitrogens with zero attached hydrogens (tertiary/aromatic N) is 2. The molecular formula is C12H16ClN3O2. The summed E-state index contributed by atoms with van der Waals surface area (Å²) in [7, 11) is 1.75. The van der Waals surface area contributed by atoms with Crippen LogP contribution in [-0.2, 0) is 4.74 Å². The van der Waals surface area contributed by atoms with Crippen molar-refractivity contribution >= 4 is 23.2 Å². The topological polar surface area (TPSA) is 68.5 Å². The summed E-state index contributed by atoms with van der Waals surface area (Å²) < 4.78 is 5.46. The van der Waals surface area contributed by atoms with Gasteiger partial charge in [0, 0.05) is 13.7 Å². The molecule has 98 valence electrons. The van der Waals surface area contributed by atoms with Crippen LogP contribution in [0.15, 0.2) is 12.3 Å². The van der Waals surface area contributed by atoms with Gasteiger partial charge in [0.2, 0.25) is 0 Å². The number of anilines is 1. The van der Waals surface area contributed by atoms with E-state index in [0.717, 1.165) is 6.42 Å². The normalized spacial score (nSPS) is 23.1. The zero-order valence-electron chi connectivity index (χ0n) is 10.4. The summed E-state index contributed by atoms with van der Waals surface area (Å²) in [6.07, 6.45) is 2.30. The number of aromatic nitrogens is 1. The number of carbonyl (C=O) groups is 1. The van der Waals surface area contributed by atoms with Crippen LogP contribution in [0.4, 0.5) is 5.69 Å². The van der Waals surface area contributed by atoms with Crippen LogP contribution in [0.25, 0.3) is 0 Å². The fourth-order valence-electron chi connectivity index (χ4n) is 2.18. The van der Waals surface area contributed by atoms with Crippen LogP contribution >= 0.6 is 11.6 Å². The molecule has 1 fully saturated rings. The molecule has 2 rings (SSSR count). The SMILES string of the molecule is CC1OCCC1N(C)C(=O)c1cc(N)cnc1Cl. The number of amides is 1. The van der Waals surface area contributed by atoms with E-state index in [-0.39, 0.29) is 23.2 Å². The number of ether oxygens (including phenoxy) is 1. The summed E-state index contributed by atoms with van der Waals surface area (Å²) in [6.45, 7) is 2.63. The maximum Gasteiger partial charge on any atom is 0.257 e. The second kappa shape index (κ2) is 5.12. The molecule has 1 aromatic rings. The van der Waals surface area contributed by atoms with Crippen molar-refractivity contribution in [1.82, 2.24) is 9.88 Å². The lowest BCUT2D eigenvalue weighted by atomic mass is 10.1. The van der Waals surface area contributed by atoms with E-state index in [2.05, 4.69) is 4.98 Å². The number of rotatable bonds is 2. The quantitative estimate of drug-likeness (QED) is 0.828. The van der Waals surface area contributed by atoms with Crippen LogP contribution in [0.3, 0.4) is 0 Å². The van der Waals surface area contributed by atoms with Crippen molar-refractivity contribution in [3.63, 3.8) is 0 Å². The Morgan fingerprint density at radius 2 is 2.39 bits per heavy atom. The van der Waals surface area contributed by atoms with Crippen LogP contribution in [0.2, 0.25) is 5.15 Å². The Hall–Kier alpha value is -1.33. The van der Waals surface area contributed by atoms with E-state index in [0.29, 0.717) is 17.9 Å². The fraction of sp³-hybridized carbons (Fsp3) is 0.500. The minimum Gasteiger partial charge on any atom is -0.397 e. The van der Waals surface area contributed by atoms with Gasteiger partial charge in [-0.3, -0.25) is 4.79 Å². The molecule has 5 nitrogen and oxygen atoms in total. The molecule has 1 aliphatic rings. The van der Waals surface area contributed by atoms with Crippen LogP contribution < -0.4 is 5.73 Å². The highest BCUT2D eigenvalue weighted by molar-refractivity contribution is 6.32. The minimum atomic E-state index is -0.179. The number of likely N-dealkylation sites (N-methyl/N-ethyl adjacent to an activating group) is 1. The van der Waals surface area contributed by atoms with Crippen molar-refractivity contribution in [2.45, 2.75) is 25.5 Å². The molecule has 1 saturated heterocycles. The summed E-state index contributed by atoms with van der Waals surface area (Å²) in [5.74, 6) is -0.179. The molecular weight excluding hydrogens is 254 g/mol. The molecule has 0 aliphatic carbocycles. The highest BCUT2D eigenvalue weighted by Gasteiger charge is 2.31. The van der Waals surface area contributed by atoms with Gasteiger partial charge in [-0.15, -0.1) is 0 Å². The van der Waals surface area contributed by atoms with Crippen LogP contribution in [-0.4, -0.2) is 41.6 Å². The Morgan fingerprint density at radius 1 is 1.67 bits per heavy atom. The maximum absolute atomic E-state index is 12.3. The zero-order valence-corrected chi connectivity index (χ0v) is 11.1. The molecule has 1 amide bonds. The number of hydrogen-bond acceptors (Lipinski definition) is 4. The van der Waals surface area contributed by atoms with E-state index in [1.54, 1.807) is 18.0 Å². The number of halogens is 1. The third-order valence-electron chi connectivity index (χ3n) is 3.24. The van der Waals surface area contributed by atoms with Crippen molar-refractivity contribution in [1.29, 1.82) is 0 Å². The number of pyridine rings is 1. The van der Waals surface area contributed by atoms with Gasteiger partial charge in [0.15, 0.2) is 0 Å². The summed E-state index contributed by atoms with van der Waals surface area (Å²) in [6, 6.07) is 1.62. The monoisotopic (exact) mass is 269 g/mol. The van der Waals surface area contributed by atoms with Gasteiger partial charge >= 0.3 is 0 Å². The average molecular weight is 270 g/mol. The van der Waals surface area contributed by atoms with E-state index in [4.69, 9.17) is 22.1 Å². The van der Waals surface area contributed by atoms with Gasteiger partial charge in [0.05, 0.1) is 29.6 Å². The van der Waals surface area contributed by atoms with Crippen molar-refractivity contribution in [2.24, 2.45) is 0 Å². The molecule has 18 heavy (non-hydrogen) atoms. The van der Waals surface area contributed by atoms with E-state index < -0.39 is 0 Å². The maximum atomic E-state index is 12.3. The van der Waals surface area contributed by atoms with Gasteiger partial charge in [-0.25, -0.2) is 4.98 Å². The van der Waals surface area contributed by atoms with Gasteiger partial charge in [-0.1, -0.05) is 11.6 Å². The van der Waals surface area contributed by atoms with Crippen molar-refractivity contribution < 1.29 is 9.53 Å². The molecule has 2 heterocycles. The third-order valence-corrected chi connectivity index (χ3v) is 3.55. The van der Waals surface area contributed by atoms with Crippen LogP contribution in [0.1, 0.15) is 23.7 Å². The van der Waals surface area contributed by atoms with E-state index in [1.165, 1.54) is 6.20 Å². The molecule has 1 aliphatic heterocycles. The Balaban J connectivity index is 2.22.